The van der Waals surface area contributed by atoms with E-state index in [0.29, 0.717) is 5.69 Å². The molecular formula is C10H11F3N2. The van der Waals surface area contributed by atoms with Gasteiger partial charge in [-0.15, -0.1) is 0 Å². The number of aromatic nitrogens is 2. The summed E-state index contributed by atoms with van der Waals surface area (Å²) in [5.74, 6) is -1.38. The van der Waals surface area contributed by atoms with Crippen molar-refractivity contribution in [1.82, 2.24) is 9.78 Å². The maximum atomic E-state index is 12.5. The molecule has 0 aliphatic heterocycles. The van der Waals surface area contributed by atoms with Gasteiger partial charge in [-0.3, -0.25) is 4.68 Å². The summed E-state index contributed by atoms with van der Waals surface area (Å²) in [6.07, 6.45) is -1.42. The molecule has 0 amide bonds. The summed E-state index contributed by atoms with van der Waals surface area (Å²) >= 11 is 0. The average molecular weight is 216 g/mol. The molecule has 2 nitrogen and oxygen atoms in total. The molecule has 82 valence electrons. The van der Waals surface area contributed by atoms with Crippen LogP contribution in [0.3, 0.4) is 0 Å². The van der Waals surface area contributed by atoms with Crippen molar-refractivity contribution in [1.29, 1.82) is 0 Å². The number of halogens is 3. The second-order valence-electron chi connectivity index (χ2n) is 3.78. The van der Waals surface area contributed by atoms with E-state index < -0.39 is 12.1 Å². The largest absolute Gasteiger partial charge is 0.395 e. The van der Waals surface area contributed by atoms with E-state index in [1.54, 1.807) is 14.0 Å². The summed E-state index contributed by atoms with van der Waals surface area (Å²) in [5, 5.41) is 4.11. The second-order valence-corrected chi connectivity index (χ2v) is 3.78. The zero-order valence-electron chi connectivity index (χ0n) is 8.47. The first-order valence-electron chi connectivity index (χ1n) is 4.67. The molecule has 1 aromatic rings. The Morgan fingerprint density at radius 2 is 2.13 bits per heavy atom. The number of allylic oxidation sites excluding steroid dienone is 1. The number of alkyl halides is 3. The number of hydrogen-bond donors (Lipinski definition) is 0. The third-order valence-electron chi connectivity index (χ3n) is 2.72. The third kappa shape index (κ3) is 1.66. The van der Waals surface area contributed by atoms with Gasteiger partial charge in [-0.25, -0.2) is 0 Å². The van der Waals surface area contributed by atoms with Gasteiger partial charge in [0, 0.05) is 24.7 Å². The molecule has 5 heteroatoms. The fourth-order valence-electron chi connectivity index (χ4n) is 1.89. The van der Waals surface area contributed by atoms with Crippen molar-refractivity contribution < 1.29 is 13.2 Å². The van der Waals surface area contributed by atoms with Crippen LogP contribution in [0.5, 0.6) is 0 Å². The first-order chi connectivity index (χ1) is 6.89. The molecule has 0 bridgehead atoms. The Labute approximate surface area is 85.4 Å². The van der Waals surface area contributed by atoms with Gasteiger partial charge < -0.3 is 0 Å². The highest BCUT2D eigenvalue weighted by atomic mass is 19.4. The van der Waals surface area contributed by atoms with E-state index in [4.69, 9.17) is 0 Å². The Bertz CT molecular complexity index is 415. The minimum atomic E-state index is -4.16. The van der Waals surface area contributed by atoms with E-state index in [9.17, 15) is 13.2 Å². The van der Waals surface area contributed by atoms with Crippen molar-refractivity contribution in [2.24, 2.45) is 13.0 Å². The first-order valence-corrected chi connectivity index (χ1v) is 4.67. The zero-order chi connectivity index (χ0) is 11.2. The molecule has 1 aliphatic rings. The molecule has 0 spiro atoms. The predicted octanol–water partition coefficient (Wildman–Crippen LogP) is 2.48. The Morgan fingerprint density at radius 3 is 2.73 bits per heavy atom. The van der Waals surface area contributed by atoms with Crippen LogP contribution in [-0.2, 0) is 13.5 Å². The van der Waals surface area contributed by atoms with Crippen LogP contribution in [0.2, 0.25) is 0 Å². The lowest BCUT2D eigenvalue weighted by Crippen LogP contribution is -2.25. The Kier molecular flexibility index (Phi) is 2.13. The zero-order valence-corrected chi connectivity index (χ0v) is 8.47. The van der Waals surface area contributed by atoms with Gasteiger partial charge in [0.25, 0.3) is 0 Å². The van der Waals surface area contributed by atoms with Crippen LogP contribution in [-0.4, -0.2) is 16.0 Å². The molecule has 15 heavy (non-hydrogen) atoms. The molecule has 2 rings (SSSR count). The lowest BCUT2D eigenvalue weighted by Gasteiger charge is -2.20. The molecule has 0 radical (unpaired) electrons. The fourth-order valence-corrected chi connectivity index (χ4v) is 1.89. The van der Waals surface area contributed by atoms with Crippen LogP contribution >= 0.6 is 0 Å². The summed E-state index contributed by atoms with van der Waals surface area (Å²) in [7, 11) is 1.68. The van der Waals surface area contributed by atoms with E-state index in [1.807, 2.05) is 0 Å². The van der Waals surface area contributed by atoms with Crippen molar-refractivity contribution in [2.75, 3.05) is 0 Å². The summed E-state index contributed by atoms with van der Waals surface area (Å²) in [6, 6.07) is 0. The number of fused-ring (bicyclic) bond motifs is 1. The van der Waals surface area contributed by atoms with Gasteiger partial charge in [-0.2, -0.15) is 18.3 Å². The average Bonchev–Trinajstić information content (AvgIpc) is 2.41. The molecule has 1 unspecified atom stereocenters. The van der Waals surface area contributed by atoms with Gasteiger partial charge >= 0.3 is 6.18 Å². The topological polar surface area (TPSA) is 17.8 Å². The SMILES string of the molecule is Cc1nn(C)c2c1C=CC(C(F)(F)F)C2. The lowest BCUT2D eigenvalue weighted by molar-refractivity contribution is -0.161. The van der Waals surface area contributed by atoms with E-state index in [1.165, 1.54) is 16.8 Å². The van der Waals surface area contributed by atoms with Crippen LogP contribution in [0.4, 0.5) is 13.2 Å². The van der Waals surface area contributed by atoms with E-state index in [0.717, 1.165) is 11.3 Å². The van der Waals surface area contributed by atoms with Crippen molar-refractivity contribution >= 4 is 6.08 Å². The number of aryl methyl sites for hydroxylation is 2. The number of hydrogen-bond acceptors (Lipinski definition) is 1. The van der Waals surface area contributed by atoms with Crippen molar-refractivity contribution in [2.45, 2.75) is 19.5 Å². The molecule has 1 heterocycles. The van der Waals surface area contributed by atoms with Gasteiger partial charge in [0.2, 0.25) is 0 Å². The molecule has 0 saturated heterocycles. The molecular weight excluding hydrogens is 205 g/mol. The second kappa shape index (κ2) is 3.12. The van der Waals surface area contributed by atoms with E-state index in [-0.39, 0.29) is 6.42 Å². The highest BCUT2D eigenvalue weighted by Gasteiger charge is 2.40. The summed E-state index contributed by atoms with van der Waals surface area (Å²) in [4.78, 5) is 0. The smallest absolute Gasteiger partial charge is 0.272 e. The number of rotatable bonds is 0. The van der Waals surface area contributed by atoms with Crippen LogP contribution in [0.1, 0.15) is 17.0 Å². The Balaban J connectivity index is 2.39. The van der Waals surface area contributed by atoms with Crippen LogP contribution < -0.4 is 0 Å². The summed E-state index contributed by atoms with van der Waals surface area (Å²) in [5.41, 5.74) is 2.28. The van der Waals surface area contributed by atoms with E-state index >= 15 is 0 Å². The highest BCUT2D eigenvalue weighted by Crippen LogP contribution is 2.35. The molecule has 0 N–H and O–H groups in total. The summed E-state index contributed by atoms with van der Waals surface area (Å²) in [6.45, 7) is 1.80. The fraction of sp³-hybridized carbons (Fsp3) is 0.500. The molecule has 0 saturated carbocycles. The Morgan fingerprint density at radius 1 is 1.47 bits per heavy atom. The highest BCUT2D eigenvalue weighted by molar-refractivity contribution is 5.57. The predicted molar refractivity (Wildman–Crippen MR) is 50.2 cm³/mol. The van der Waals surface area contributed by atoms with Gasteiger partial charge in [0.1, 0.15) is 0 Å². The van der Waals surface area contributed by atoms with Crippen LogP contribution in [0.25, 0.3) is 6.08 Å². The van der Waals surface area contributed by atoms with Crippen molar-refractivity contribution in [3.05, 3.63) is 23.0 Å². The Hall–Kier alpha value is -1.26. The van der Waals surface area contributed by atoms with Crippen LogP contribution in [0, 0.1) is 12.8 Å². The third-order valence-corrected chi connectivity index (χ3v) is 2.72. The molecule has 1 atom stereocenters. The summed E-state index contributed by atoms with van der Waals surface area (Å²) < 4.78 is 39.0. The van der Waals surface area contributed by atoms with Crippen LogP contribution in [0.15, 0.2) is 6.08 Å². The maximum Gasteiger partial charge on any atom is 0.395 e. The van der Waals surface area contributed by atoms with Gasteiger partial charge in [0.05, 0.1) is 11.6 Å². The quantitative estimate of drug-likeness (QED) is 0.651. The van der Waals surface area contributed by atoms with Gasteiger partial charge in [-0.1, -0.05) is 12.2 Å². The normalized spacial score (nSPS) is 20.5. The standard InChI is InChI=1S/C10H11F3N2/c1-6-8-4-3-7(10(11,12)13)5-9(8)15(2)14-6/h3-4,7H,5H2,1-2H3. The van der Waals surface area contributed by atoms with E-state index in [2.05, 4.69) is 5.10 Å². The van der Waals surface area contributed by atoms with Crippen molar-refractivity contribution in [3.63, 3.8) is 0 Å². The lowest BCUT2D eigenvalue weighted by atomic mass is 9.93. The van der Waals surface area contributed by atoms with Crippen molar-refractivity contribution in [3.8, 4) is 0 Å². The molecule has 0 aromatic carbocycles. The minimum Gasteiger partial charge on any atom is -0.272 e. The monoisotopic (exact) mass is 216 g/mol. The first kappa shape index (κ1) is 10.3. The molecule has 1 aromatic heterocycles. The van der Waals surface area contributed by atoms with Gasteiger partial charge in [0.15, 0.2) is 0 Å². The minimum absolute atomic E-state index is 0.00727. The van der Waals surface area contributed by atoms with Gasteiger partial charge in [-0.05, 0) is 6.92 Å². The molecule has 0 fully saturated rings. The maximum absolute atomic E-state index is 12.5. The number of nitrogens with zero attached hydrogens (tertiary/aromatic N) is 2. The molecule has 1 aliphatic carbocycles.